The Labute approximate surface area is 285 Å². The number of benzene rings is 4. The number of thiazole rings is 1. The fourth-order valence-corrected chi connectivity index (χ4v) is 6.59. The molecule has 0 radical (unpaired) electrons. The molecular formula is C37H32N4O7S. The standard InChI is InChI=1S/C37H32N4O7S/c1-4-47-28-17-15-25(16-18-28)34-33(35(42)39-27-13-9-6-10-14-27)23(2)38-37-40(34)36(43)32(49-37)20-26-19-30(46-3)31(21-29(26)41(44)45)48-22-24-11-7-5-8-12-24/h5-21,34H,4,22H2,1-3H3,(H,39,42)/b32-20-/t34-/m0/s1. The molecule has 0 saturated carbocycles. The number of methoxy groups -OCH3 is 1. The second kappa shape index (κ2) is 14.4. The third-order valence-electron chi connectivity index (χ3n) is 7.84. The highest BCUT2D eigenvalue weighted by molar-refractivity contribution is 7.07. The Kier molecular flexibility index (Phi) is 9.67. The monoisotopic (exact) mass is 676 g/mol. The van der Waals surface area contributed by atoms with Crippen LogP contribution in [0, 0.1) is 10.1 Å². The van der Waals surface area contributed by atoms with Gasteiger partial charge in [0.05, 0.1) is 52.1 Å². The number of allylic oxidation sites excluding steroid dienone is 1. The summed E-state index contributed by atoms with van der Waals surface area (Å²) in [6, 6.07) is 27.5. The lowest BCUT2D eigenvalue weighted by atomic mass is 9.95. The number of rotatable bonds is 11. The maximum absolute atomic E-state index is 14.2. The van der Waals surface area contributed by atoms with E-state index in [1.165, 1.54) is 29.9 Å². The van der Waals surface area contributed by atoms with E-state index in [2.05, 4.69) is 10.3 Å². The Bertz CT molecular complexity index is 2230. The first-order valence-electron chi connectivity index (χ1n) is 15.4. The SMILES string of the molecule is CCOc1ccc([C@H]2C(C(=O)Nc3ccccc3)=C(C)N=c3s/c(=C\c4cc(OC)c(OCc5ccccc5)cc4[N+](=O)[O-])c(=O)n32)cc1. The van der Waals surface area contributed by atoms with Crippen molar-refractivity contribution in [2.75, 3.05) is 19.0 Å². The van der Waals surface area contributed by atoms with Gasteiger partial charge in [-0.3, -0.25) is 24.3 Å². The van der Waals surface area contributed by atoms with Gasteiger partial charge in [0.1, 0.15) is 12.4 Å². The van der Waals surface area contributed by atoms with Crippen molar-refractivity contribution in [1.29, 1.82) is 0 Å². The third kappa shape index (κ3) is 6.99. The molecule has 0 aliphatic carbocycles. The lowest BCUT2D eigenvalue weighted by Gasteiger charge is -2.25. The van der Waals surface area contributed by atoms with Crippen LogP contribution in [0.25, 0.3) is 6.08 Å². The van der Waals surface area contributed by atoms with Crippen LogP contribution < -0.4 is 34.4 Å². The largest absolute Gasteiger partial charge is 0.494 e. The molecule has 1 aromatic heterocycles. The molecular weight excluding hydrogens is 644 g/mol. The van der Waals surface area contributed by atoms with E-state index >= 15 is 0 Å². The van der Waals surface area contributed by atoms with E-state index in [0.29, 0.717) is 39.7 Å². The molecule has 0 saturated heterocycles. The predicted octanol–water partition coefficient (Wildman–Crippen LogP) is 5.77. The van der Waals surface area contributed by atoms with Gasteiger partial charge in [0.2, 0.25) is 0 Å². The van der Waals surface area contributed by atoms with Gasteiger partial charge in [-0.05, 0) is 61.4 Å². The average molecular weight is 677 g/mol. The average Bonchev–Trinajstić information content (AvgIpc) is 3.41. The summed E-state index contributed by atoms with van der Waals surface area (Å²) in [4.78, 5) is 44.8. The number of nitrogens with zero attached hydrogens (tertiary/aromatic N) is 3. The molecule has 4 aromatic carbocycles. The van der Waals surface area contributed by atoms with Crippen LogP contribution in [0.3, 0.4) is 0 Å². The van der Waals surface area contributed by atoms with E-state index < -0.39 is 22.4 Å². The number of hydrogen-bond acceptors (Lipinski definition) is 9. The van der Waals surface area contributed by atoms with Crippen LogP contribution in [0.4, 0.5) is 11.4 Å². The summed E-state index contributed by atoms with van der Waals surface area (Å²) >= 11 is 1.08. The quantitative estimate of drug-likeness (QED) is 0.139. The number of nitro groups is 1. The van der Waals surface area contributed by atoms with Crippen LogP contribution in [-0.4, -0.2) is 29.1 Å². The first kappa shape index (κ1) is 32.9. The van der Waals surface area contributed by atoms with E-state index in [1.807, 2.05) is 67.6 Å². The van der Waals surface area contributed by atoms with Gasteiger partial charge in [0, 0.05) is 5.69 Å². The molecule has 2 heterocycles. The molecule has 1 aliphatic rings. The van der Waals surface area contributed by atoms with Gasteiger partial charge < -0.3 is 19.5 Å². The molecule has 0 unspecified atom stereocenters. The van der Waals surface area contributed by atoms with Gasteiger partial charge in [0.15, 0.2) is 16.3 Å². The molecule has 0 fully saturated rings. The van der Waals surface area contributed by atoms with Crippen LogP contribution in [0.15, 0.2) is 118 Å². The highest BCUT2D eigenvalue weighted by Crippen LogP contribution is 2.36. The zero-order valence-corrected chi connectivity index (χ0v) is 27.7. The number of amides is 1. The number of nitrogens with one attached hydrogen (secondary N) is 1. The Hall–Kier alpha value is -6.01. The summed E-state index contributed by atoms with van der Waals surface area (Å²) in [6.07, 6.45) is 1.45. The summed E-state index contributed by atoms with van der Waals surface area (Å²) in [5.41, 5.74) is 2.28. The zero-order valence-electron chi connectivity index (χ0n) is 26.9. The number of hydrogen-bond donors (Lipinski definition) is 1. The molecule has 6 rings (SSSR count). The Balaban J connectivity index is 1.45. The van der Waals surface area contributed by atoms with Gasteiger partial charge in [-0.15, -0.1) is 0 Å². The van der Waals surface area contributed by atoms with Gasteiger partial charge in [-0.1, -0.05) is 72.0 Å². The number of anilines is 1. The first-order chi connectivity index (χ1) is 23.8. The molecule has 1 amide bonds. The minimum Gasteiger partial charge on any atom is -0.494 e. The number of para-hydroxylation sites is 1. The summed E-state index contributed by atoms with van der Waals surface area (Å²) in [6.45, 7) is 4.27. The molecule has 12 heteroatoms. The van der Waals surface area contributed by atoms with E-state index in [0.717, 1.165) is 16.9 Å². The summed E-state index contributed by atoms with van der Waals surface area (Å²) in [5.74, 6) is 0.694. The highest BCUT2D eigenvalue weighted by Gasteiger charge is 2.33. The molecule has 1 atom stereocenters. The fourth-order valence-electron chi connectivity index (χ4n) is 5.55. The molecule has 248 valence electrons. The molecule has 11 nitrogen and oxygen atoms in total. The number of fused-ring (bicyclic) bond motifs is 1. The van der Waals surface area contributed by atoms with Crippen LogP contribution >= 0.6 is 11.3 Å². The van der Waals surface area contributed by atoms with Gasteiger partial charge in [-0.2, -0.15) is 0 Å². The Morgan fingerprint density at radius 2 is 1.69 bits per heavy atom. The second-order valence-corrected chi connectivity index (χ2v) is 12.0. The van der Waals surface area contributed by atoms with Gasteiger partial charge in [0.25, 0.3) is 17.2 Å². The lowest BCUT2D eigenvalue weighted by molar-refractivity contribution is -0.385. The van der Waals surface area contributed by atoms with Crippen LogP contribution in [-0.2, 0) is 11.4 Å². The minimum absolute atomic E-state index is 0.148. The maximum Gasteiger partial charge on any atom is 0.280 e. The van der Waals surface area contributed by atoms with Crippen molar-refractivity contribution < 1.29 is 23.9 Å². The number of nitro benzene ring substituents is 1. The van der Waals surface area contributed by atoms with Crippen LogP contribution in [0.1, 0.15) is 36.6 Å². The predicted molar refractivity (Wildman–Crippen MR) is 187 cm³/mol. The van der Waals surface area contributed by atoms with Crippen molar-refractivity contribution >= 4 is 34.7 Å². The van der Waals surface area contributed by atoms with Gasteiger partial charge in [-0.25, -0.2) is 4.99 Å². The van der Waals surface area contributed by atoms with Crippen molar-refractivity contribution in [3.8, 4) is 17.2 Å². The number of carbonyl (C=O) groups excluding carboxylic acids is 1. The van der Waals surface area contributed by atoms with Crippen LogP contribution in [0.5, 0.6) is 17.2 Å². The zero-order chi connectivity index (χ0) is 34.5. The van der Waals surface area contributed by atoms with Crippen molar-refractivity contribution in [2.45, 2.75) is 26.5 Å². The van der Waals surface area contributed by atoms with Crippen LogP contribution in [0.2, 0.25) is 0 Å². The number of aromatic nitrogens is 1. The Morgan fingerprint density at radius 1 is 1.00 bits per heavy atom. The van der Waals surface area contributed by atoms with E-state index in [-0.39, 0.29) is 33.9 Å². The minimum atomic E-state index is -0.837. The molecule has 1 aliphatic heterocycles. The molecule has 5 aromatic rings. The summed E-state index contributed by atoms with van der Waals surface area (Å²) in [7, 11) is 1.44. The first-order valence-corrected chi connectivity index (χ1v) is 16.2. The van der Waals surface area contributed by atoms with E-state index in [9.17, 15) is 19.7 Å². The molecule has 49 heavy (non-hydrogen) atoms. The van der Waals surface area contributed by atoms with Crippen molar-refractivity contribution in [1.82, 2.24) is 4.57 Å². The smallest absolute Gasteiger partial charge is 0.280 e. The summed E-state index contributed by atoms with van der Waals surface area (Å²) in [5, 5.41) is 15.2. The number of carbonyl (C=O) groups is 1. The lowest BCUT2D eigenvalue weighted by Crippen LogP contribution is -2.40. The molecule has 0 spiro atoms. The highest BCUT2D eigenvalue weighted by atomic mass is 32.1. The topological polar surface area (TPSA) is 134 Å². The normalized spacial score (nSPS) is 14.1. The van der Waals surface area contributed by atoms with Crippen molar-refractivity contribution in [2.24, 2.45) is 4.99 Å². The third-order valence-corrected chi connectivity index (χ3v) is 8.82. The van der Waals surface area contributed by atoms with E-state index in [1.54, 1.807) is 31.2 Å². The molecule has 0 bridgehead atoms. The molecule has 1 N–H and O–H groups in total. The van der Waals surface area contributed by atoms with Gasteiger partial charge >= 0.3 is 0 Å². The van der Waals surface area contributed by atoms with E-state index in [4.69, 9.17) is 14.2 Å². The summed E-state index contributed by atoms with van der Waals surface area (Å²) < 4.78 is 18.7. The van der Waals surface area contributed by atoms with Crippen molar-refractivity contribution in [3.63, 3.8) is 0 Å². The van der Waals surface area contributed by atoms with Crippen molar-refractivity contribution in [3.05, 3.63) is 155 Å². The second-order valence-electron chi connectivity index (χ2n) is 11.0. The Morgan fingerprint density at radius 3 is 2.35 bits per heavy atom. The maximum atomic E-state index is 14.2. The fraction of sp³-hybridized carbons (Fsp3) is 0.162. The number of ether oxygens (including phenoxy) is 3.